The van der Waals surface area contributed by atoms with Gasteiger partial charge in [-0.2, -0.15) is 8.78 Å². The van der Waals surface area contributed by atoms with Crippen molar-refractivity contribution in [2.45, 2.75) is 49.7 Å². The maximum absolute atomic E-state index is 12.7. The summed E-state index contributed by atoms with van der Waals surface area (Å²) in [6, 6.07) is 5.90. The topological polar surface area (TPSA) is 46.2 Å². The lowest BCUT2D eigenvalue weighted by atomic mass is 9.83. The van der Waals surface area contributed by atoms with Crippen molar-refractivity contribution in [3.05, 3.63) is 24.3 Å². The van der Waals surface area contributed by atoms with Gasteiger partial charge in [-0.1, -0.05) is 31.9 Å². The van der Waals surface area contributed by atoms with Gasteiger partial charge in [0.2, 0.25) is 9.84 Å². The van der Waals surface area contributed by atoms with Crippen LogP contribution in [0.25, 0.3) is 0 Å². The van der Waals surface area contributed by atoms with Crippen LogP contribution in [0.4, 0.5) is 14.5 Å². The zero-order valence-corrected chi connectivity index (χ0v) is 12.9. The first kappa shape index (κ1) is 16.2. The van der Waals surface area contributed by atoms with Gasteiger partial charge in [-0.3, -0.25) is 0 Å². The van der Waals surface area contributed by atoms with Crippen LogP contribution in [0.1, 0.15) is 39.0 Å². The number of sulfone groups is 1. The van der Waals surface area contributed by atoms with Gasteiger partial charge in [0, 0.05) is 6.54 Å². The fourth-order valence-corrected chi connectivity index (χ4v) is 3.93. The first-order valence-electron chi connectivity index (χ1n) is 7.26. The number of halogens is 2. The zero-order valence-electron chi connectivity index (χ0n) is 12.1. The number of rotatable bonds is 6. The molecule has 0 saturated heterocycles. The molecule has 0 spiro atoms. The maximum Gasteiger partial charge on any atom is 0.341 e. The smallest absolute Gasteiger partial charge is 0.341 e. The normalized spacial score (nSPS) is 18.1. The number of para-hydroxylation sites is 1. The van der Waals surface area contributed by atoms with Crippen molar-refractivity contribution in [3.63, 3.8) is 0 Å². The van der Waals surface area contributed by atoms with Crippen LogP contribution in [0.5, 0.6) is 0 Å². The SMILES string of the molecule is CCC1(CNc2ccccc2S(=O)(=O)C(F)F)CCCC1. The minimum absolute atomic E-state index is 0.154. The van der Waals surface area contributed by atoms with Crippen molar-refractivity contribution >= 4 is 15.5 Å². The Morgan fingerprint density at radius 2 is 1.86 bits per heavy atom. The van der Waals surface area contributed by atoms with Crippen LogP contribution in [0, 0.1) is 5.41 Å². The van der Waals surface area contributed by atoms with Crippen LogP contribution in [-0.2, 0) is 9.84 Å². The van der Waals surface area contributed by atoms with Crippen molar-refractivity contribution in [1.82, 2.24) is 0 Å². The quantitative estimate of drug-likeness (QED) is 0.860. The first-order valence-corrected chi connectivity index (χ1v) is 8.81. The molecular weight excluding hydrogens is 296 g/mol. The van der Waals surface area contributed by atoms with E-state index in [1.807, 2.05) is 0 Å². The van der Waals surface area contributed by atoms with Crippen LogP contribution >= 0.6 is 0 Å². The maximum atomic E-state index is 12.7. The summed E-state index contributed by atoms with van der Waals surface area (Å²) in [5.74, 6) is -3.40. The van der Waals surface area contributed by atoms with Gasteiger partial charge < -0.3 is 5.32 Å². The molecule has 0 amide bonds. The largest absolute Gasteiger partial charge is 0.383 e. The van der Waals surface area contributed by atoms with Crippen LogP contribution in [0.15, 0.2) is 29.2 Å². The summed E-state index contributed by atoms with van der Waals surface area (Å²) in [7, 11) is -4.58. The highest BCUT2D eigenvalue weighted by atomic mass is 32.2. The molecule has 6 heteroatoms. The van der Waals surface area contributed by atoms with Crippen molar-refractivity contribution in [2.75, 3.05) is 11.9 Å². The number of nitrogens with one attached hydrogen (secondary N) is 1. The van der Waals surface area contributed by atoms with Gasteiger partial charge in [0.25, 0.3) is 0 Å². The number of hydrogen-bond acceptors (Lipinski definition) is 3. The van der Waals surface area contributed by atoms with Gasteiger partial charge in [-0.15, -0.1) is 0 Å². The van der Waals surface area contributed by atoms with Crippen LogP contribution in [0.2, 0.25) is 0 Å². The Kier molecular flexibility index (Phi) is 4.86. The average molecular weight is 317 g/mol. The first-order chi connectivity index (χ1) is 9.91. The highest BCUT2D eigenvalue weighted by Crippen LogP contribution is 2.41. The van der Waals surface area contributed by atoms with Crippen LogP contribution in [0.3, 0.4) is 0 Å². The van der Waals surface area contributed by atoms with Gasteiger partial charge in [0.15, 0.2) is 0 Å². The van der Waals surface area contributed by atoms with E-state index in [2.05, 4.69) is 12.2 Å². The third-order valence-electron chi connectivity index (χ3n) is 4.50. The lowest BCUT2D eigenvalue weighted by molar-refractivity contribution is 0.235. The van der Waals surface area contributed by atoms with Gasteiger partial charge >= 0.3 is 5.76 Å². The van der Waals surface area contributed by atoms with Gasteiger partial charge in [-0.25, -0.2) is 8.42 Å². The predicted molar refractivity (Wildman–Crippen MR) is 79.3 cm³/mol. The molecule has 21 heavy (non-hydrogen) atoms. The molecule has 3 nitrogen and oxygen atoms in total. The van der Waals surface area contributed by atoms with E-state index in [4.69, 9.17) is 0 Å². The summed E-state index contributed by atoms with van der Waals surface area (Å²) in [4.78, 5) is -0.316. The molecule has 0 atom stereocenters. The van der Waals surface area contributed by atoms with E-state index in [1.54, 1.807) is 12.1 Å². The molecule has 118 valence electrons. The van der Waals surface area contributed by atoms with Crippen molar-refractivity contribution in [1.29, 1.82) is 0 Å². The number of benzene rings is 1. The Labute approximate surface area is 124 Å². The summed E-state index contributed by atoms with van der Waals surface area (Å²) in [5, 5.41) is 3.10. The minimum Gasteiger partial charge on any atom is -0.383 e. The van der Waals surface area contributed by atoms with Gasteiger partial charge in [0.1, 0.15) is 0 Å². The Hall–Kier alpha value is -1.17. The fourth-order valence-electron chi connectivity index (χ4n) is 3.02. The molecule has 1 aromatic carbocycles. The second-order valence-corrected chi connectivity index (χ2v) is 7.60. The Balaban J connectivity index is 2.22. The molecule has 0 radical (unpaired) electrons. The van der Waals surface area contributed by atoms with Crippen LogP contribution < -0.4 is 5.32 Å². The van der Waals surface area contributed by atoms with Crippen molar-refractivity contribution in [2.24, 2.45) is 5.41 Å². The average Bonchev–Trinajstić information content (AvgIpc) is 2.95. The van der Waals surface area contributed by atoms with Gasteiger partial charge in [-0.05, 0) is 36.8 Å². The molecular formula is C15H21F2NO2S. The molecule has 1 fully saturated rings. The van der Waals surface area contributed by atoms with E-state index in [9.17, 15) is 17.2 Å². The van der Waals surface area contributed by atoms with E-state index in [1.165, 1.54) is 25.0 Å². The number of hydrogen-bond donors (Lipinski definition) is 1. The highest BCUT2D eigenvalue weighted by Gasteiger charge is 2.33. The lowest BCUT2D eigenvalue weighted by Crippen LogP contribution is -2.26. The summed E-state index contributed by atoms with van der Waals surface area (Å²) >= 11 is 0. The van der Waals surface area contributed by atoms with E-state index in [0.717, 1.165) is 19.3 Å². The molecule has 1 aliphatic rings. The van der Waals surface area contributed by atoms with E-state index in [0.29, 0.717) is 6.54 Å². The molecule has 0 heterocycles. The number of anilines is 1. The molecule has 1 saturated carbocycles. The van der Waals surface area contributed by atoms with E-state index >= 15 is 0 Å². The predicted octanol–water partition coefficient (Wildman–Crippen LogP) is 4.07. The molecule has 0 bridgehead atoms. The highest BCUT2D eigenvalue weighted by molar-refractivity contribution is 7.91. The Morgan fingerprint density at radius 3 is 2.43 bits per heavy atom. The zero-order chi connectivity index (χ0) is 15.5. The molecule has 0 aliphatic heterocycles. The lowest BCUT2D eigenvalue weighted by Gasteiger charge is -2.28. The van der Waals surface area contributed by atoms with E-state index in [-0.39, 0.29) is 16.0 Å². The standard InChI is InChI=1S/C15H21F2NO2S/c1-2-15(9-5-6-10-15)11-18-12-7-3-4-8-13(12)21(19,20)14(16)17/h3-4,7-8,14,18H,2,5-6,9-11H2,1H3. The number of alkyl halides is 2. The second kappa shape index (κ2) is 6.30. The molecule has 1 N–H and O–H groups in total. The summed E-state index contributed by atoms with van der Waals surface area (Å²) in [5.41, 5.74) is 0.430. The molecule has 0 aromatic heterocycles. The third-order valence-corrected chi connectivity index (χ3v) is 5.93. The third kappa shape index (κ3) is 3.36. The Morgan fingerprint density at radius 1 is 1.24 bits per heavy atom. The monoisotopic (exact) mass is 317 g/mol. The van der Waals surface area contributed by atoms with Gasteiger partial charge in [0.05, 0.1) is 10.6 Å². The second-order valence-electron chi connectivity index (χ2n) is 5.72. The van der Waals surface area contributed by atoms with Crippen molar-refractivity contribution in [3.8, 4) is 0 Å². The minimum atomic E-state index is -4.58. The molecule has 0 unspecified atom stereocenters. The summed E-state index contributed by atoms with van der Waals surface area (Å²) < 4.78 is 48.9. The molecule has 1 aromatic rings. The summed E-state index contributed by atoms with van der Waals surface area (Å²) in [6.45, 7) is 2.74. The Bertz CT molecular complexity index is 581. The summed E-state index contributed by atoms with van der Waals surface area (Å²) in [6.07, 6.45) is 5.54. The van der Waals surface area contributed by atoms with Crippen molar-refractivity contribution < 1.29 is 17.2 Å². The van der Waals surface area contributed by atoms with Crippen LogP contribution in [-0.4, -0.2) is 20.7 Å². The molecule has 2 rings (SSSR count). The molecule has 1 aliphatic carbocycles. The fraction of sp³-hybridized carbons (Fsp3) is 0.600. The van der Waals surface area contributed by atoms with E-state index < -0.39 is 15.6 Å².